The minimum atomic E-state index is -1.46. The number of benzene rings is 2. The molecule has 0 aliphatic carbocycles. The standard InChI is InChI=1S/C32H34FN11O3/c33-25-16-44(30(45)26-15-36-31(35)40-26)8-7-28(25)47-27-6-1-20(13-21(27)14-34)29-37-19-38-32(41-29)39-22-2-4-23(5-3-22)42-9-11-43(12-10-42)24-17-46-18-24/h1-6,13,19,24-25,28H,7-12,15-18H2,(H2,35,36)(H,37,38,39,41)/t25-,28+/m1/s1. The second-order valence-corrected chi connectivity index (χ2v) is 11.8. The number of aromatic nitrogens is 3. The molecule has 4 aliphatic heterocycles. The molecule has 0 spiro atoms. The van der Waals surface area contributed by atoms with Gasteiger partial charge in [0.25, 0.3) is 5.91 Å². The molecule has 1 aromatic heterocycles. The largest absolute Gasteiger partial charge is 0.486 e. The number of nitrogens with zero attached hydrogens (tertiary/aromatic N) is 9. The fraction of sp³-hybridized carbons (Fsp3) is 0.406. The van der Waals surface area contributed by atoms with E-state index >= 15 is 4.39 Å². The molecule has 0 unspecified atom stereocenters. The van der Waals surface area contributed by atoms with Gasteiger partial charge in [-0.15, -0.1) is 0 Å². The van der Waals surface area contributed by atoms with Crippen LogP contribution in [0.3, 0.4) is 0 Å². The van der Waals surface area contributed by atoms with Crippen molar-refractivity contribution in [3.05, 3.63) is 54.4 Å². The molecule has 7 rings (SSSR count). The number of rotatable bonds is 8. The lowest BCUT2D eigenvalue weighted by Crippen LogP contribution is -2.56. The number of ether oxygens (including phenoxy) is 2. The number of nitriles is 1. The van der Waals surface area contributed by atoms with Crippen molar-refractivity contribution in [2.75, 3.05) is 69.2 Å². The average molecular weight is 640 g/mol. The normalized spacial score (nSPS) is 21.8. The molecule has 15 heteroatoms. The summed E-state index contributed by atoms with van der Waals surface area (Å²) in [6.07, 6.45) is -0.625. The molecule has 4 aliphatic rings. The first-order chi connectivity index (χ1) is 22.9. The zero-order chi connectivity index (χ0) is 32.3. The van der Waals surface area contributed by atoms with Crippen molar-refractivity contribution in [1.29, 1.82) is 5.26 Å². The minimum absolute atomic E-state index is 0.0472. The van der Waals surface area contributed by atoms with E-state index in [1.54, 1.807) is 18.2 Å². The van der Waals surface area contributed by atoms with Crippen LogP contribution in [0.2, 0.25) is 0 Å². The van der Waals surface area contributed by atoms with Crippen LogP contribution in [0.25, 0.3) is 11.4 Å². The Kier molecular flexibility index (Phi) is 8.60. The van der Waals surface area contributed by atoms with Gasteiger partial charge in [0, 0.05) is 56.1 Å². The Bertz CT molecular complexity index is 1730. The number of nitrogens with two attached hydrogens (primary N) is 1. The maximum atomic E-state index is 15.1. The summed E-state index contributed by atoms with van der Waals surface area (Å²) >= 11 is 0. The number of hydrogen-bond donors (Lipinski definition) is 2. The zero-order valence-electron chi connectivity index (χ0n) is 25.6. The number of nitrogens with one attached hydrogen (secondary N) is 1. The highest BCUT2D eigenvalue weighted by atomic mass is 19.1. The van der Waals surface area contributed by atoms with Crippen LogP contribution in [0.4, 0.5) is 21.7 Å². The van der Waals surface area contributed by atoms with Crippen LogP contribution in [0.15, 0.2) is 58.8 Å². The summed E-state index contributed by atoms with van der Waals surface area (Å²) in [6, 6.07) is 15.8. The first kappa shape index (κ1) is 30.5. The summed E-state index contributed by atoms with van der Waals surface area (Å²) in [5.41, 5.74) is 8.53. The van der Waals surface area contributed by atoms with Crippen LogP contribution in [0, 0.1) is 11.3 Å². The van der Waals surface area contributed by atoms with Gasteiger partial charge in [0.05, 0.1) is 37.9 Å². The Balaban J connectivity index is 0.960. The van der Waals surface area contributed by atoms with Gasteiger partial charge in [-0.2, -0.15) is 10.2 Å². The molecule has 3 fully saturated rings. The molecule has 0 radical (unpaired) electrons. The quantitative estimate of drug-likeness (QED) is 0.368. The lowest BCUT2D eigenvalue weighted by molar-refractivity contribution is -0.127. The Morgan fingerprint density at radius 3 is 2.57 bits per heavy atom. The van der Waals surface area contributed by atoms with Crippen LogP contribution >= 0.6 is 0 Å². The number of piperazine rings is 1. The third-order valence-electron chi connectivity index (χ3n) is 8.80. The Morgan fingerprint density at radius 1 is 1.09 bits per heavy atom. The van der Waals surface area contributed by atoms with Crippen molar-refractivity contribution >= 4 is 34.9 Å². The van der Waals surface area contributed by atoms with E-state index in [2.05, 4.69) is 58.3 Å². The monoisotopic (exact) mass is 639 g/mol. The number of piperidine rings is 1. The number of carbonyl (C=O) groups is 1. The van der Waals surface area contributed by atoms with E-state index in [0.717, 1.165) is 45.1 Å². The van der Waals surface area contributed by atoms with Gasteiger partial charge >= 0.3 is 0 Å². The SMILES string of the molecule is N#Cc1cc(-c2ncnc(Nc3ccc(N4CCN(C5COC5)CC4)cc3)n2)ccc1O[C@H]1CCN(C(=O)C2=NC(N)=NC2)C[C@H]1F. The maximum absolute atomic E-state index is 15.1. The van der Waals surface area contributed by atoms with Gasteiger partial charge in [0.15, 0.2) is 12.0 Å². The number of amides is 1. The molecule has 242 valence electrons. The molecule has 47 heavy (non-hydrogen) atoms. The first-order valence-electron chi connectivity index (χ1n) is 15.6. The molecule has 2 atom stereocenters. The summed E-state index contributed by atoms with van der Waals surface area (Å²) in [4.78, 5) is 39.9. The molecule has 2 aromatic carbocycles. The van der Waals surface area contributed by atoms with Gasteiger partial charge in [-0.05, 0) is 42.5 Å². The fourth-order valence-corrected chi connectivity index (χ4v) is 6.05. The van der Waals surface area contributed by atoms with Crippen LogP contribution in [0.1, 0.15) is 12.0 Å². The number of carbonyl (C=O) groups excluding carboxylic acids is 1. The number of anilines is 3. The number of guanidine groups is 1. The van der Waals surface area contributed by atoms with E-state index in [1.165, 1.54) is 16.9 Å². The Morgan fingerprint density at radius 2 is 1.89 bits per heavy atom. The number of aliphatic imine (C=N–C) groups is 2. The summed E-state index contributed by atoms with van der Waals surface area (Å²) in [7, 11) is 0. The van der Waals surface area contributed by atoms with Gasteiger partial charge in [0.2, 0.25) is 11.9 Å². The van der Waals surface area contributed by atoms with E-state index < -0.39 is 12.3 Å². The smallest absolute Gasteiger partial charge is 0.270 e. The molecule has 14 nitrogen and oxygen atoms in total. The van der Waals surface area contributed by atoms with Crippen molar-refractivity contribution in [2.45, 2.75) is 24.7 Å². The predicted molar refractivity (Wildman–Crippen MR) is 173 cm³/mol. The summed E-state index contributed by atoms with van der Waals surface area (Å²) < 4.78 is 26.4. The van der Waals surface area contributed by atoms with Crippen LogP contribution in [-0.2, 0) is 9.53 Å². The molecular weight excluding hydrogens is 605 g/mol. The van der Waals surface area contributed by atoms with E-state index in [1.807, 2.05) is 12.1 Å². The first-order valence-corrected chi connectivity index (χ1v) is 15.6. The van der Waals surface area contributed by atoms with E-state index in [9.17, 15) is 10.1 Å². The van der Waals surface area contributed by atoms with Gasteiger partial charge in [0.1, 0.15) is 30.0 Å². The summed E-state index contributed by atoms with van der Waals surface area (Å²) in [5.74, 6) is 0.635. The van der Waals surface area contributed by atoms with Crippen molar-refractivity contribution in [2.24, 2.45) is 15.7 Å². The topological polar surface area (TPSA) is 170 Å². The van der Waals surface area contributed by atoms with Crippen molar-refractivity contribution in [3.8, 4) is 23.2 Å². The molecule has 0 saturated carbocycles. The van der Waals surface area contributed by atoms with E-state index in [4.69, 9.17) is 15.2 Å². The molecule has 1 amide bonds. The predicted octanol–water partition coefficient (Wildman–Crippen LogP) is 1.76. The van der Waals surface area contributed by atoms with E-state index in [-0.39, 0.29) is 54.9 Å². The Hall–Kier alpha value is -5.20. The van der Waals surface area contributed by atoms with Gasteiger partial charge in [-0.3, -0.25) is 9.69 Å². The molecule has 0 bridgehead atoms. The number of halogens is 1. The Labute approximate surface area is 270 Å². The second-order valence-electron chi connectivity index (χ2n) is 11.8. The van der Waals surface area contributed by atoms with Crippen LogP contribution in [0.5, 0.6) is 5.75 Å². The number of alkyl halides is 1. The lowest BCUT2D eigenvalue weighted by atomic mass is 10.0. The third-order valence-corrected chi connectivity index (χ3v) is 8.80. The third kappa shape index (κ3) is 6.69. The van der Waals surface area contributed by atoms with Crippen LogP contribution < -0.4 is 20.7 Å². The highest BCUT2D eigenvalue weighted by Crippen LogP contribution is 2.29. The van der Waals surface area contributed by atoms with Gasteiger partial charge < -0.3 is 30.3 Å². The molecule has 3 N–H and O–H groups in total. The zero-order valence-corrected chi connectivity index (χ0v) is 25.6. The van der Waals surface area contributed by atoms with Crippen LogP contribution in [-0.4, -0.2) is 120 Å². The highest BCUT2D eigenvalue weighted by Gasteiger charge is 2.35. The van der Waals surface area contributed by atoms with Crippen molar-refractivity contribution < 1.29 is 18.7 Å². The average Bonchev–Trinajstić information content (AvgIpc) is 3.51. The molecular formula is C32H34FN11O3. The maximum Gasteiger partial charge on any atom is 0.270 e. The van der Waals surface area contributed by atoms with Crippen molar-refractivity contribution in [3.63, 3.8) is 0 Å². The van der Waals surface area contributed by atoms with Gasteiger partial charge in [-0.1, -0.05) is 0 Å². The molecule has 3 aromatic rings. The lowest BCUT2D eigenvalue weighted by Gasteiger charge is -2.43. The molecule has 3 saturated heterocycles. The number of likely N-dealkylation sites (tertiary alicyclic amines) is 1. The van der Waals surface area contributed by atoms with Gasteiger partial charge in [-0.25, -0.2) is 24.3 Å². The fourth-order valence-electron chi connectivity index (χ4n) is 6.05. The minimum Gasteiger partial charge on any atom is -0.486 e. The summed E-state index contributed by atoms with van der Waals surface area (Å²) in [6.45, 7) is 5.92. The highest BCUT2D eigenvalue weighted by molar-refractivity contribution is 6.42. The summed E-state index contributed by atoms with van der Waals surface area (Å²) in [5, 5.41) is 13.1. The molecule has 5 heterocycles. The second kappa shape index (κ2) is 13.3. The van der Waals surface area contributed by atoms with Crippen molar-refractivity contribution in [1.82, 2.24) is 24.8 Å². The number of hydrogen-bond acceptors (Lipinski definition) is 13. The van der Waals surface area contributed by atoms with E-state index in [0.29, 0.717) is 23.4 Å².